The second-order valence-corrected chi connectivity index (χ2v) is 6.92. The predicted octanol–water partition coefficient (Wildman–Crippen LogP) is 1.59. The molecule has 1 aliphatic carbocycles. The molecule has 0 saturated heterocycles. The van der Waals surface area contributed by atoms with E-state index < -0.39 is 9.84 Å². The quantitative estimate of drug-likeness (QED) is 0.758. The molecule has 0 heterocycles. The minimum atomic E-state index is -2.85. The van der Waals surface area contributed by atoms with Gasteiger partial charge in [0, 0.05) is 12.3 Å². The van der Waals surface area contributed by atoms with E-state index in [0.29, 0.717) is 0 Å². The SMILES string of the molecule is CCNC(CC1CCCC1)CS(C)(=O)=O. The van der Waals surface area contributed by atoms with Crippen molar-refractivity contribution in [2.75, 3.05) is 18.6 Å². The van der Waals surface area contributed by atoms with Gasteiger partial charge in [-0.2, -0.15) is 0 Å². The maximum absolute atomic E-state index is 11.3. The minimum absolute atomic E-state index is 0.160. The topological polar surface area (TPSA) is 46.2 Å². The van der Waals surface area contributed by atoms with Crippen LogP contribution in [-0.4, -0.2) is 33.0 Å². The molecule has 1 saturated carbocycles. The first kappa shape index (κ1) is 13.0. The van der Waals surface area contributed by atoms with Crippen LogP contribution in [0.5, 0.6) is 0 Å². The average Bonchev–Trinajstić information content (AvgIpc) is 2.54. The summed E-state index contributed by atoms with van der Waals surface area (Å²) in [6.07, 6.45) is 7.56. The van der Waals surface area contributed by atoms with Gasteiger partial charge in [0.25, 0.3) is 0 Å². The molecule has 3 nitrogen and oxygen atoms in total. The lowest BCUT2D eigenvalue weighted by Gasteiger charge is -2.20. The molecule has 90 valence electrons. The van der Waals surface area contributed by atoms with Crippen molar-refractivity contribution in [3.05, 3.63) is 0 Å². The summed E-state index contributed by atoms with van der Waals surface area (Å²) in [5, 5.41) is 3.29. The fourth-order valence-electron chi connectivity index (χ4n) is 2.51. The van der Waals surface area contributed by atoms with E-state index in [4.69, 9.17) is 0 Å². The van der Waals surface area contributed by atoms with Gasteiger partial charge in [-0.1, -0.05) is 32.6 Å². The summed E-state index contributed by atoms with van der Waals surface area (Å²) in [6.45, 7) is 2.89. The van der Waals surface area contributed by atoms with Gasteiger partial charge in [0.2, 0.25) is 0 Å². The van der Waals surface area contributed by atoms with Crippen molar-refractivity contribution in [3.63, 3.8) is 0 Å². The zero-order chi connectivity index (χ0) is 11.3. The van der Waals surface area contributed by atoms with E-state index in [1.54, 1.807) is 0 Å². The van der Waals surface area contributed by atoms with Crippen LogP contribution in [0.25, 0.3) is 0 Å². The van der Waals surface area contributed by atoms with Gasteiger partial charge < -0.3 is 5.32 Å². The summed E-state index contributed by atoms with van der Waals surface area (Å²) in [5.41, 5.74) is 0. The Labute approximate surface area is 93.6 Å². The molecule has 1 N–H and O–H groups in total. The fraction of sp³-hybridized carbons (Fsp3) is 1.00. The highest BCUT2D eigenvalue weighted by Gasteiger charge is 2.22. The minimum Gasteiger partial charge on any atom is -0.313 e. The van der Waals surface area contributed by atoms with Gasteiger partial charge in [0.15, 0.2) is 0 Å². The molecule has 0 amide bonds. The first-order valence-corrected chi connectivity index (χ1v) is 7.98. The number of rotatable bonds is 6. The van der Waals surface area contributed by atoms with E-state index in [1.807, 2.05) is 6.92 Å². The normalized spacial score (nSPS) is 20.7. The molecule has 1 unspecified atom stereocenters. The Morgan fingerprint density at radius 2 is 1.93 bits per heavy atom. The van der Waals surface area contributed by atoms with Crippen LogP contribution in [0.4, 0.5) is 0 Å². The van der Waals surface area contributed by atoms with Gasteiger partial charge in [0.05, 0.1) is 5.75 Å². The molecule has 0 spiro atoms. The molecule has 0 radical (unpaired) electrons. The van der Waals surface area contributed by atoms with Gasteiger partial charge in [-0.25, -0.2) is 8.42 Å². The summed E-state index contributed by atoms with van der Waals surface area (Å²) in [4.78, 5) is 0. The van der Waals surface area contributed by atoms with Crippen molar-refractivity contribution >= 4 is 9.84 Å². The molecule has 1 aliphatic rings. The lowest BCUT2D eigenvalue weighted by molar-refractivity contribution is 0.411. The van der Waals surface area contributed by atoms with Crippen LogP contribution >= 0.6 is 0 Å². The molecule has 0 aromatic carbocycles. The van der Waals surface area contributed by atoms with Crippen LogP contribution in [0.2, 0.25) is 0 Å². The highest BCUT2D eigenvalue weighted by atomic mass is 32.2. The summed E-state index contributed by atoms with van der Waals surface area (Å²) < 4.78 is 22.5. The van der Waals surface area contributed by atoms with Crippen molar-refractivity contribution in [1.29, 1.82) is 0 Å². The van der Waals surface area contributed by atoms with Crippen molar-refractivity contribution in [3.8, 4) is 0 Å². The Bertz CT molecular complexity index is 268. The third-order valence-electron chi connectivity index (χ3n) is 3.09. The fourth-order valence-corrected chi connectivity index (χ4v) is 3.50. The maximum atomic E-state index is 11.3. The van der Waals surface area contributed by atoms with Crippen molar-refractivity contribution in [2.45, 2.75) is 45.1 Å². The number of sulfone groups is 1. The van der Waals surface area contributed by atoms with Crippen LogP contribution in [0.1, 0.15) is 39.0 Å². The Hall–Kier alpha value is -0.0900. The Morgan fingerprint density at radius 3 is 2.40 bits per heavy atom. The van der Waals surface area contributed by atoms with Gasteiger partial charge in [-0.05, 0) is 18.9 Å². The summed E-state index contributed by atoms with van der Waals surface area (Å²) in [7, 11) is -2.85. The number of hydrogen-bond donors (Lipinski definition) is 1. The molecular weight excluding hydrogens is 210 g/mol. The predicted molar refractivity (Wildman–Crippen MR) is 63.8 cm³/mol. The standard InChI is InChI=1S/C11H23NO2S/c1-3-12-11(9-15(2,13)14)8-10-6-4-5-7-10/h10-12H,3-9H2,1-2H3. The zero-order valence-corrected chi connectivity index (χ0v) is 10.6. The smallest absolute Gasteiger partial charge is 0.148 e. The van der Waals surface area contributed by atoms with Crippen LogP contribution in [0.3, 0.4) is 0 Å². The highest BCUT2D eigenvalue weighted by Crippen LogP contribution is 2.28. The molecule has 1 atom stereocenters. The van der Waals surface area contributed by atoms with Crippen LogP contribution < -0.4 is 5.32 Å². The van der Waals surface area contributed by atoms with Crippen LogP contribution in [0, 0.1) is 5.92 Å². The third kappa shape index (κ3) is 5.52. The Morgan fingerprint density at radius 1 is 1.33 bits per heavy atom. The van der Waals surface area contributed by atoms with Crippen LogP contribution in [-0.2, 0) is 9.84 Å². The molecule has 0 aromatic rings. The number of nitrogens with one attached hydrogen (secondary N) is 1. The van der Waals surface area contributed by atoms with Gasteiger partial charge in [0.1, 0.15) is 9.84 Å². The number of hydrogen-bond acceptors (Lipinski definition) is 3. The Balaban J connectivity index is 2.42. The molecule has 15 heavy (non-hydrogen) atoms. The molecule has 0 aliphatic heterocycles. The highest BCUT2D eigenvalue weighted by molar-refractivity contribution is 7.90. The van der Waals surface area contributed by atoms with Crippen molar-refractivity contribution in [1.82, 2.24) is 5.32 Å². The summed E-state index contributed by atoms with van der Waals surface area (Å²) in [6, 6.07) is 0.160. The largest absolute Gasteiger partial charge is 0.313 e. The summed E-state index contributed by atoms with van der Waals surface area (Å²) in [5.74, 6) is 1.04. The van der Waals surface area contributed by atoms with Crippen LogP contribution in [0.15, 0.2) is 0 Å². The second kappa shape index (κ2) is 5.85. The van der Waals surface area contributed by atoms with Gasteiger partial charge in [-0.15, -0.1) is 0 Å². The Kier molecular flexibility index (Phi) is 5.06. The van der Waals surface area contributed by atoms with E-state index in [1.165, 1.54) is 31.9 Å². The molecule has 1 fully saturated rings. The first-order valence-electron chi connectivity index (χ1n) is 5.92. The average molecular weight is 233 g/mol. The summed E-state index contributed by atoms with van der Waals surface area (Å²) >= 11 is 0. The molecule has 0 aromatic heterocycles. The van der Waals surface area contributed by atoms with E-state index in [9.17, 15) is 8.42 Å². The van der Waals surface area contributed by atoms with E-state index in [2.05, 4.69) is 5.32 Å². The van der Waals surface area contributed by atoms with Crippen molar-refractivity contribution < 1.29 is 8.42 Å². The van der Waals surface area contributed by atoms with E-state index in [0.717, 1.165) is 18.9 Å². The maximum Gasteiger partial charge on any atom is 0.148 e. The molecule has 4 heteroatoms. The van der Waals surface area contributed by atoms with E-state index in [-0.39, 0.29) is 11.8 Å². The lowest BCUT2D eigenvalue weighted by Crippen LogP contribution is -2.36. The van der Waals surface area contributed by atoms with Gasteiger partial charge in [-0.3, -0.25) is 0 Å². The monoisotopic (exact) mass is 233 g/mol. The third-order valence-corrected chi connectivity index (χ3v) is 4.10. The first-order chi connectivity index (χ1) is 7.01. The second-order valence-electron chi connectivity index (χ2n) is 4.73. The molecule has 1 rings (SSSR count). The van der Waals surface area contributed by atoms with Crippen molar-refractivity contribution in [2.24, 2.45) is 5.92 Å². The molecule has 0 bridgehead atoms. The zero-order valence-electron chi connectivity index (χ0n) is 9.83. The molecular formula is C11H23NO2S. The van der Waals surface area contributed by atoms with E-state index >= 15 is 0 Å². The van der Waals surface area contributed by atoms with Gasteiger partial charge >= 0.3 is 0 Å². The lowest BCUT2D eigenvalue weighted by atomic mass is 9.99.